The first kappa shape index (κ1) is 13.1. The topological polar surface area (TPSA) is 38.0 Å². The second kappa shape index (κ2) is 5.26. The van der Waals surface area contributed by atoms with E-state index in [1.807, 2.05) is 0 Å². The van der Waals surface area contributed by atoms with Gasteiger partial charge < -0.3 is 11.1 Å². The maximum atomic E-state index is 6.25. The van der Waals surface area contributed by atoms with E-state index in [-0.39, 0.29) is 6.04 Å². The van der Waals surface area contributed by atoms with E-state index in [2.05, 4.69) is 36.5 Å². The summed E-state index contributed by atoms with van der Waals surface area (Å²) in [5.74, 6) is 0. The van der Waals surface area contributed by atoms with Crippen molar-refractivity contribution in [1.82, 2.24) is 5.32 Å². The first-order chi connectivity index (χ1) is 9.24. The van der Waals surface area contributed by atoms with Gasteiger partial charge in [0.25, 0.3) is 0 Å². The van der Waals surface area contributed by atoms with Crippen molar-refractivity contribution < 1.29 is 0 Å². The highest BCUT2D eigenvalue weighted by Crippen LogP contribution is 2.42. The van der Waals surface area contributed by atoms with Gasteiger partial charge in [0.15, 0.2) is 0 Å². The standard InChI is InChI=1S/C17H26N2/c1-2-17(9-5-6-10-17)12-19-16-11-15(18)13-7-3-4-8-14(13)16/h3-4,7-8,15-16,19H,2,5-6,9-12,18H2,1H3. The van der Waals surface area contributed by atoms with Crippen LogP contribution < -0.4 is 11.1 Å². The van der Waals surface area contributed by atoms with E-state index in [0.717, 1.165) is 13.0 Å². The van der Waals surface area contributed by atoms with Crippen molar-refractivity contribution in [3.05, 3.63) is 35.4 Å². The van der Waals surface area contributed by atoms with Crippen LogP contribution in [0.25, 0.3) is 0 Å². The molecule has 19 heavy (non-hydrogen) atoms. The summed E-state index contributed by atoms with van der Waals surface area (Å²) in [5.41, 5.74) is 9.58. The molecule has 0 spiro atoms. The molecule has 0 radical (unpaired) electrons. The van der Waals surface area contributed by atoms with Crippen LogP contribution in [0.5, 0.6) is 0 Å². The van der Waals surface area contributed by atoms with Gasteiger partial charge in [0.2, 0.25) is 0 Å². The second-order valence-corrected chi connectivity index (χ2v) is 6.47. The minimum absolute atomic E-state index is 0.217. The van der Waals surface area contributed by atoms with Crippen molar-refractivity contribution in [3.63, 3.8) is 0 Å². The van der Waals surface area contributed by atoms with Gasteiger partial charge in [0.05, 0.1) is 0 Å². The third kappa shape index (κ3) is 2.44. The number of nitrogens with two attached hydrogens (primary N) is 1. The lowest BCUT2D eigenvalue weighted by Crippen LogP contribution is -2.33. The fourth-order valence-corrected chi connectivity index (χ4v) is 3.99. The van der Waals surface area contributed by atoms with Crippen molar-refractivity contribution in [1.29, 1.82) is 0 Å². The minimum Gasteiger partial charge on any atom is -0.324 e. The summed E-state index contributed by atoms with van der Waals surface area (Å²) in [5, 5.41) is 3.82. The van der Waals surface area contributed by atoms with Gasteiger partial charge in [-0.2, -0.15) is 0 Å². The Labute approximate surface area is 116 Å². The molecule has 3 rings (SSSR count). The predicted octanol–water partition coefficient (Wildman–Crippen LogP) is 3.69. The van der Waals surface area contributed by atoms with Crippen LogP contribution in [-0.2, 0) is 0 Å². The predicted molar refractivity (Wildman–Crippen MR) is 79.9 cm³/mol. The highest BCUT2D eigenvalue weighted by atomic mass is 14.9. The van der Waals surface area contributed by atoms with E-state index in [1.54, 1.807) is 0 Å². The zero-order chi connectivity index (χ0) is 13.3. The molecule has 0 heterocycles. The quantitative estimate of drug-likeness (QED) is 0.864. The Morgan fingerprint density at radius 1 is 1.21 bits per heavy atom. The molecule has 2 atom stereocenters. The third-order valence-corrected chi connectivity index (χ3v) is 5.40. The molecular formula is C17H26N2. The molecule has 1 aromatic rings. The number of nitrogens with one attached hydrogen (secondary N) is 1. The largest absolute Gasteiger partial charge is 0.324 e. The smallest absolute Gasteiger partial charge is 0.0341 e. The van der Waals surface area contributed by atoms with E-state index < -0.39 is 0 Å². The average Bonchev–Trinajstić information content (AvgIpc) is 3.03. The van der Waals surface area contributed by atoms with Crippen LogP contribution in [0.1, 0.15) is 68.7 Å². The fraction of sp³-hybridized carbons (Fsp3) is 0.647. The van der Waals surface area contributed by atoms with Crippen LogP contribution in [0.4, 0.5) is 0 Å². The molecule has 2 aliphatic rings. The first-order valence-electron chi connectivity index (χ1n) is 7.82. The highest BCUT2D eigenvalue weighted by molar-refractivity contribution is 5.37. The van der Waals surface area contributed by atoms with E-state index in [4.69, 9.17) is 5.73 Å². The molecule has 1 aromatic carbocycles. The fourth-order valence-electron chi connectivity index (χ4n) is 3.99. The van der Waals surface area contributed by atoms with Gasteiger partial charge in [-0.05, 0) is 42.2 Å². The van der Waals surface area contributed by atoms with E-state index in [1.165, 1.54) is 43.2 Å². The average molecular weight is 258 g/mol. The lowest BCUT2D eigenvalue weighted by molar-refractivity contribution is 0.254. The van der Waals surface area contributed by atoms with E-state index >= 15 is 0 Å². The van der Waals surface area contributed by atoms with Gasteiger partial charge >= 0.3 is 0 Å². The van der Waals surface area contributed by atoms with Crippen LogP contribution in [0.2, 0.25) is 0 Å². The van der Waals surface area contributed by atoms with Gasteiger partial charge in [-0.25, -0.2) is 0 Å². The summed E-state index contributed by atoms with van der Waals surface area (Å²) in [4.78, 5) is 0. The summed E-state index contributed by atoms with van der Waals surface area (Å²) in [6.07, 6.45) is 7.99. The number of hydrogen-bond donors (Lipinski definition) is 2. The Hall–Kier alpha value is -0.860. The van der Waals surface area contributed by atoms with Crippen LogP contribution in [0, 0.1) is 5.41 Å². The van der Waals surface area contributed by atoms with E-state index in [9.17, 15) is 0 Å². The normalized spacial score (nSPS) is 28.5. The Balaban J connectivity index is 1.68. The maximum Gasteiger partial charge on any atom is 0.0341 e. The molecule has 0 aliphatic heterocycles. The molecule has 0 saturated heterocycles. The lowest BCUT2D eigenvalue weighted by Gasteiger charge is -2.30. The molecule has 104 valence electrons. The molecule has 2 aliphatic carbocycles. The number of fused-ring (bicyclic) bond motifs is 1. The molecule has 1 fully saturated rings. The zero-order valence-electron chi connectivity index (χ0n) is 12.0. The minimum atomic E-state index is 0.217. The Morgan fingerprint density at radius 2 is 1.89 bits per heavy atom. The number of rotatable bonds is 4. The molecule has 2 heteroatoms. The van der Waals surface area contributed by atoms with Crippen LogP contribution in [0.15, 0.2) is 24.3 Å². The molecule has 2 unspecified atom stereocenters. The number of hydrogen-bond acceptors (Lipinski definition) is 2. The van der Waals surface area contributed by atoms with Crippen molar-refractivity contribution in [2.75, 3.05) is 6.54 Å². The zero-order valence-corrected chi connectivity index (χ0v) is 12.0. The van der Waals surface area contributed by atoms with Crippen molar-refractivity contribution in [2.45, 2.75) is 57.5 Å². The molecule has 3 N–H and O–H groups in total. The Kier molecular flexibility index (Phi) is 3.64. The molecule has 1 saturated carbocycles. The van der Waals surface area contributed by atoms with Crippen LogP contribution in [0.3, 0.4) is 0 Å². The Morgan fingerprint density at radius 3 is 2.58 bits per heavy atom. The first-order valence-corrected chi connectivity index (χ1v) is 7.82. The summed E-state index contributed by atoms with van der Waals surface area (Å²) in [6, 6.07) is 9.35. The van der Waals surface area contributed by atoms with Gasteiger partial charge in [0, 0.05) is 18.6 Å². The maximum absolute atomic E-state index is 6.25. The highest BCUT2D eigenvalue weighted by Gasteiger charge is 2.34. The molecule has 2 nitrogen and oxygen atoms in total. The number of benzene rings is 1. The molecule has 0 bridgehead atoms. The van der Waals surface area contributed by atoms with Crippen LogP contribution >= 0.6 is 0 Å². The van der Waals surface area contributed by atoms with Crippen LogP contribution in [-0.4, -0.2) is 6.54 Å². The van der Waals surface area contributed by atoms with Crippen molar-refractivity contribution >= 4 is 0 Å². The Bertz CT molecular complexity index is 435. The molecule has 0 amide bonds. The van der Waals surface area contributed by atoms with Crippen molar-refractivity contribution in [2.24, 2.45) is 11.1 Å². The van der Waals surface area contributed by atoms with Gasteiger partial charge in [-0.15, -0.1) is 0 Å². The van der Waals surface area contributed by atoms with E-state index in [0.29, 0.717) is 11.5 Å². The lowest BCUT2D eigenvalue weighted by atomic mass is 9.83. The monoisotopic (exact) mass is 258 g/mol. The van der Waals surface area contributed by atoms with Crippen molar-refractivity contribution in [3.8, 4) is 0 Å². The summed E-state index contributed by atoms with van der Waals surface area (Å²) in [7, 11) is 0. The van der Waals surface area contributed by atoms with Gasteiger partial charge in [-0.3, -0.25) is 0 Å². The van der Waals surface area contributed by atoms with Gasteiger partial charge in [0.1, 0.15) is 0 Å². The molecular weight excluding hydrogens is 232 g/mol. The summed E-state index contributed by atoms with van der Waals surface area (Å²) >= 11 is 0. The summed E-state index contributed by atoms with van der Waals surface area (Å²) in [6.45, 7) is 3.51. The summed E-state index contributed by atoms with van der Waals surface area (Å²) < 4.78 is 0. The molecule has 0 aromatic heterocycles. The second-order valence-electron chi connectivity index (χ2n) is 6.47. The SMILES string of the molecule is CCC1(CNC2CC(N)c3ccccc32)CCCC1. The van der Waals surface area contributed by atoms with Gasteiger partial charge in [-0.1, -0.05) is 44.0 Å². The third-order valence-electron chi connectivity index (χ3n) is 5.40.